The lowest BCUT2D eigenvalue weighted by molar-refractivity contribution is -0.115. The summed E-state index contributed by atoms with van der Waals surface area (Å²) in [5.41, 5.74) is 2.54. The molecule has 0 radical (unpaired) electrons. The second-order valence-corrected chi connectivity index (χ2v) is 7.46. The van der Waals surface area contributed by atoms with E-state index in [-0.39, 0.29) is 18.0 Å². The first-order chi connectivity index (χ1) is 11.3. The van der Waals surface area contributed by atoms with E-state index in [0.717, 1.165) is 17.9 Å². The molecule has 0 aromatic heterocycles. The van der Waals surface area contributed by atoms with E-state index in [2.05, 4.69) is 29.4 Å². The molecule has 0 unspecified atom stereocenters. The highest BCUT2D eigenvalue weighted by molar-refractivity contribution is 6.35. The van der Waals surface area contributed by atoms with Gasteiger partial charge >= 0.3 is 0 Å². The van der Waals surface area contributed by atoms with Crippen molar-refractivity contribution in [2.24, 2.45) is 0 Å². The zero-order valence-corrected chi connectivity index (χ0v) is 15.1. The Morgan fingerprint density at radius 3 is 2.58 bits per heavy atom. The van der Waals surface area contributed by atoms with Crippen molar-refractivity contribution in [1.82, 2.24) is 0 Å². The number of rotatable bonds is 3. The van der Waals surface area contributed by atoms with Crippen LogP contribution in [-0.2, 0) is 4.79 Å². The van der Waals surface area contributed by atoms with Crippen molar-refractivity contribution < 1.29 is 4.79 Å². The van der Waals surface area contributed by atoms with Crippen LogP contribution in [0, 0.1) is 0 Å². The minimum Gasteiger partial charge on any atom is -0.377 e. The van der Waals surface area contributed by atoms with Gasteiger partial charge in [-0.2, -0.15) is 0 Å². The maximum absolute atomic E-state index is 12.5. The van der Waals surface area contributed by atoms with E-state index in [1.165, 1.54) is 0 Å². The predicted octanol–water partition coefficient (Wildman–Crippen LogP) is 4.64. The average molecular weight is 364 g/mol. The van der Waals surface area contributed by atoms with E-state index in [1.807, 2.05) is 24.3 Å². The molecule has 0 atom stereocenters. The summed E-state index contributed by atoms with van der Waals surface area (Å²) in [6, 6.07) is 13.0. The lowest BCUT2D eigenvalue weighted by Crippen LogP contribution is -2.50. The normalized spacial score (nSPS) is 15.4. The van der Waals surface area contributed by atoms with Gasteiger partial charge in [0.1, 0.15) is 0 Å². The Hall–Kier alpha value is -1.91. The van der Waals surface area contributed by atoms with Gasteiger partial charge in [-0.25, -0.2) is 0 Å². The molecule has 0 bridgehead atoms. The summed E-state index contributed by atoms with van der Waals surface area (Å²) < 4.78 is 0. The van der Waals surface area contributed by atoms with Gasteiger partial charge in [-0.1, -0.05) is 35.3 Å². The van der Waals surface area contributed by atoms with Gasteiger partial charge in [0.15, 0.2) is 0 Å². The Labute approximate surface area is 151 Å². The molecule has 4 nitrogen and oxygen atoms in total. The highest BCUT2D eigenvalue weighted by Gasteiger charge is 2.30. The monoisotopic (exact) mass is 363 g/mol. The van der Waals surface area contributed by atoms with Crippen LogP contribution in [-0.4, -0.2) is 24.5 Å². The molecule has 1 heterocycles. The van der Waals surface area contributed by atoms with Crippen molar-refractivity contribution in [3.8, 4) is 0 Å². The highest BCUT2D eigenvalue weighted by atomic mass is 35.5. The van der Waals surface area contributed by atoms with Crippen LogP contribution in [0.3, 0.4) is 0 Å². The Morgan fingerprint density at radius 1 is 1.21 bits per heavy atom. The zero-order chi connectivity index (χ0) is 17.3. The van der Waals surface area contributed by atoms with Gasteiger partial charge < -0.3 is 15.5 Å². The molecule has 0 saturated carbocycles. The summed E-state index contributed by atoms with van der Waals surface area (Å²) in [7, 11) is 0. The van der Waals surface area contributed by atoms with E-state index in [9.17, 15) is 4.79 Å². The van der Waals surface area contributed by atoms with Gasteiger partial charge in [-0.05, 0) is 44.2 Å². The number of fused-ring (bicyclic) bond motifs is 1. The van der Waals surface area contributed by atoms with Crippen molar-refractivity contribution in [3.63, 3.8) is 0 Å². The molecule has 2 aromatic rings. The first-order valence-electron chi connectivity index (χ1n) is 7.70. The smallest absolute Gasteiger partial charge is 0.243 e. The second-order valence-electron chi connectivity index (χ2n) is 6.59. The summed E-state index contributed by atoms with van der Waals surface area (Å²) in [6.45, 7) is 5.22. The average Bonchev–Trinajstić information content (AvgIpc) is 2.44. The van der Waals surface area contributed by atoms with Crippen LogP contribution in [0.1, 0.15) is 13.8 Å². The Kier molecular flexibility index (Phi) is 4.61. The molecule has 3 rings (SSSR count). The molecule has 1 amide bonds. The van der Waals surface area contributed by atoms with Crippen LogP contribution in [0.4, 0.5) is 17.1 Å². The molecule has 6 heteroatoms. The number of nitrogens with one attached hydrogen (secondary N) is 2. The zero-order valence-electron chi connectivity index (χ0n) is 13.6. The van der Waals surface area contributed by atoms with Gasteiger partial charge in [0.05, 0.1) is 17.9 Å². The van der Waals surface area contributed by atoms with Gasteiger partial charge in [0, 0.05) is 27.8 Å². The minimum atomic E-state index is -0.117. The van der Waals surface area contributed by atoms with Gasteiger partial charge in [0.25, 0.3) is 0 Å². The molecular weight excluding hydrogens is 345 g/mol. The number of hydrogen-bond acceptors (Lipinski definition) is 3. The van der Waals surface area contributed by atoms with Crippen LogP contribution < -0.4 is 15.5 Å². The van der Waals surface area contributed by atoms with Crippen LogP contribution in [0.5, 0.6) is 0 Å². The molecular formula is C18H19Cl2N3O. The fraction of sp³-hybridized carbons (Fsp3) is 0.278. The molecule has 0 saturated heterocycles. The fourth-order valence-electron chi connectivity index (χ4n) is 2.96. The summed E-state index contributed by atoms with van der Waals surface area (Å²) in [5.74, 6) is -0.110. The molecule has 2 N–H and O–H groups in total. The van der Waals surface area contributed by atoms with Crippen molar-refractivity contribution >= 4 is 46.2 Å². The van der Waals surface area contributed by atoms with Crippen LogP contribution in [0.15, 0.2) is 42.5 Å². The summed E-state index contributed by atoms with van der Waals surface area (Å²) in [6.07, 6.45) is 0. The van der Waals surface area contributed by atoms with E-state index in [0.29, 0.717) is 15.7 Å². The van der Waals surface area contributed by atoms with Crippen molar-refractivity contribution in [2.75, 3.05) is 28.6 Å². The van der Waals surface area contributed by atoms with Crippen molar-refractivity contribution in [3.05, 3.63) is 52.5 Å². The third kappa shape index (κ3) is 3.94. The van der Waals surface area contributed by atoms with Crippen LogP contribution in [0.2, 0.25) is 10.0 Å². The van der Waals surface area contributed by atoms with Crippen LogP contribution in [0.25, 0.3) is 0 Å². The first-order valence-corrected chi connectivity index (χ1v) is 8.46. The quantitative estimate of drug-likeness (QED) is 0.834. The molecule has 24 heavy (non-hydrogen) atoms. The number of anilines is 3. The predicted molar refractivity (Wildman–Crippen MR) is 101 cm³/mol. The third-order valence-electron chi connectivity index (χ3n) is 3.78. The summed E-state index contributed by atoms with van der Waals surface area (Å²) in [4.78, 5) is 14.5. The number of hydrogen-bond donors (Lipinski definition) is 2. The molecule has 0 fully saturated rings. The highest BCUT2D eigenvalue weighted by Crippen LogP contribution is 2.34. The minimum absolute atomic E-state index is 0.110. The number of halogens is 2. The lowest BCUT2D eigenvalue weighted by Gasteiger charge is -2.41. The van der Waals surface area contributed by atoms with E-state index >= 15 is 0 Å². The molecule has 126 valence electrons. The third-order valence-corrected chi connectivity index (χ3v) is 4.22. The number of benzene rings is 2. The molecule has 0 aliphatic carbocycles. The van der Waals surface area contributed by atoms with Crippen molar-refractivity contribution in [1.29, 1.82) is 0 Å². The first kappa shape index (κ1) is 16.9. The SMILES string of the molecule is CC1(C)CN(CC(=O)Nc2cc(Cl)cc(Cl)c2)c2ccccc2N1. The Bertz CT molecular complexity index is 756. The number of carbonyl (C=O) groups excluding carboxylic acids is 1. The van der Waals surface area contributed by atoms with Crippen LogP contribution >= 0.6 is 23.2 Å². The van der Waals surface area contributed by atoms with Gasteiger partial charge in [-0.3, -0.25) is 4.79 Å². The van der Waals surface area contributed by atoms with Gasteiger partial charge in [0.2, 0.25) is 5.91 Å². The lowest BCUT2D eigenvalue weighted by atomic mass is 9.99. The maximum atomic E-state index is 12.5. The largest absolute Gasteiger partial charge is 0.377 e. The molecule has 1 aliphatic heterocycles. The van der Waals surface area contributed by atoms with E-state index < -0.39 is 0 Å². The topological polar surface area (TPSA) is 44.4 Å². The number of nitrogens with zero attached hydrogens (tertiary/aromatic N) is 1. The standard InChI is InChI=1S/C18H19Cl2N3O/c1-18(2)11-23(16-6-4-3-5-15(16)22-18)10-17(24)21-14-8-12(19)7-13(20)9-14/h3-9,22H,10-11H2,1-2H3,(H,21,24). The maximum Gasteiger partial charge on any atom is 0.243 e. The van der Waals surface area contributed by atoms with Gasteiger partial charge in [-0.15, -0.1) is 0 Å². The number of carbonyl (C=O) groups is 1. The molecule has 2 aromatic carbocycles. The number of para-hydroxylation sites is 2. The molecule has 0 spiro atoms. The number of amides is 1. The Balaban J connectivity index is 1.76. The van der Waals surface area contributed by atoms with Crippen molar-refractivity contribution in [2.45, 2.75) is 19.4 Å². The second kappa shape index (κ2) is 6.54. The summed E-state index contributed by atoms with van der Waals surface area (Å²) in [5, 5.41) is 7.34. The molecule has 1 aliphatic rings. The summed E-state index contributed by atoms with van der Waals surface area (Å²) >= 11 is 12.0. The Morgan fingerprint density at radius 2 is 1.88 bits per heavy atom. The van der Waals surface area contributed by atoms with E-state index in [1.54, 1.807) is 18.2 Å². The fourth-order valence-corrected chi connectivity index (χ4v) is 3.49. The van der Waals surface area contributed by atoms with E-state index in [4.69, 9.17) is 23.2 Å².